The normalized spacial score (nSPS) is 19.2. The van der Waals surface area contributed by atoms with Crippen molar-refractivity contribution in [3.63, 3.8) is 0 Å². The minimum Gasteiger partial charge on any atom is -0.475 e. The van der Waals surface area contributed by atoms with Crippen LogP contribution in [0, 0.1) is 5.92 Å². The summed E-state index contributed by atoms with van der Waals surface area (Å²) in [4.78, 5) is 28.6. The number of nitrogen functional groups attached to an aromatic ring is 1. The number of carbonyl (C=O) groups excluding carboxylic acids is 1. The van der Waals surface area contributed by atoms with Crippen molar-refractivity contribution in [2.45, 2.75) is 56.7 Å². The van der Waals surface area contributed by atoms with Crippen LogP contribution in [0.1, 0.15) is 49.9 Å². The summed E-state index contributed by atoms with van der Waals surface area (Å²) in [5, 5.41) is -0.321. The maximum atomic E-state index is 13.3. The van der Waals surface area contributed by atoms with E-state index in [-0.39, 0.29) is 28.6 Å². The maximum absolute atomic E-state index is 13.3. The van der Waals surface area contributed by atoms with Crippen molar-refractivity contribution in [3.05, 3.63) is 54.2 Å². The van der Waals surface area contributed by atoms with Crippen LogP contribution in [-0.4, -0.2) is 48.0 Å². The third-order valence-electron chi connectivity index (χ3n) is 6.76. The number of aromatic nitrogens is 3. The molecule has 37 heavy (non-hydrogen) atoms. The summed E-state index contributed by atoms with van der Waals surface area (Å²) in [6.07, 6.45) is 5.92. The lowest BCUT2D eigenvalue weighted by Gasteiger charge is -2.35. The number of carbonyl (C=O) groups is 1. The van der Waals surface area contributed by atoms with E-state index in [1.165, 1.54) is 18.2 Å². The van der Waals surface area contributed by atoms with Gasteiger partial charge in [-0.05, 0) is 75.8 Å². The summed E-state index contributed by atoms with van der Waals surface area (Å²) in [5.41, 5.74) is 7.23. The second kappa shape index (κ2) is 9.97. The first-order chi connectivity index (χ1) is 17.7. The molecule has 2 atom stereocenters. The van der Waals surface area contributed by atoms with Gasteiger partial charge in [0.25, 0.3) is 15.9 Å². The largest absolute Gasteiger partial charge is 0.475 e. The minimum absolute atomic E-state index is 0.00835. The van der Waals surface area contributed by atoms with Gasteiger partial charge in [0, 0.05) is 30.4 Å². The summed E-state index contributed by atoms with van der Waals surface area (Å²) in [6.45, 7) is 4.62. The van der Waals surface area contributed by atoms with Crippen LogP contribution in [0.25, 0.3) is 11.3 Å². The summed E-state index contributed by atoms with van der Waals surface area (Å²) < 4.78 is 33.5. The molecule has 1 saturated carbocycles. The van der Waals surface area contributed by atoms with Crippen LogP contribution in [0.15, 0.2) is 53.7 Å². The molecule has 194 valence electrons. The average Bonchev–Trinajstić information content (AvgIpc) is 3.24. The van der Waals surface area contributed by atoms with Crippen LogP contribution < -0.4 is 20.1 Å². The SMILES string of the molecule is CC(C)Oc1ccc(-c2ccc(C(=O)NS(=O)(=O)c3cccc(N)n3)c(N3CC[C@H]4CC[C@H]3C4)n2)cn1. The fraction of sp³-hybridized carbons (Fsp3) is 0.385. The maximum Gasteiger partial charge on any atom is 0.281 e. The molecular formula is C26H30N6O4S. The number of nitrogens with two attached hydrogens (primary N) is 1. The molecule has 3 aromatic heterocycles. The van der Waals surface area contributed by atoms with Crippen molar-refractivity contribution in [3.8, 4) is 17.1 Å². The number of nitrogens with zero attached hydrogens (tertiary/aromatic N) is 4. The van der Waals surface area contributed by atoms with E-state index in [2.05, 4.69) is 19.6 Å². The zero-order chi connectivity index (χ0) is 26.2. The van der Waals surface area contributed by atoms with Gasteiger partial charge in [-0.25, -0.2) is 19.7 Å². The average molecular weight is 523 g/mol. The lowest BCUT2D eigenvalue weighted by atomic mass is 9.98. The number of anilines is 2. The Morgan fingerprint density at radius 3 is 2.68 bits per heavy atom. The molecule has 2 fully saturated rings. The van der Waals surface area contributed by atoms with E-state index >= 15 is 0 Å². The number of hydrogen-bond acceptors (Lipinski definition) is 9. The number of piperidine rings is 1. The van der Waals surface area contributed by atoms with E-state index in [9.17, 15) is 13.2 Å². The molecule has 1 saturated heterocycles. The van der Waals surface area contributed by atoms with Crippen LogP contribution in [0.3, 0.4) is 0 Å². The van der Waals surface area contributed by atoms with E-state index in [0.717, 1.165) is 37.8 Å². The summed E-state index contributed by atoms with van der Waals surface area (Å²) in [6, 6.07) is 11.5. The van der Waals surface area contributed by atoms with E-state index in [1.807, 2.05) is 19.9 Å². The molecule has 2 aliphatic rings. The first-order valence-corrected chi connectivity index (χ1v) is 13.9. The molecule has 11 heteroatoms. The van der Waals surface area contributed by atoms with Crippen LogP contribution in [-0.2, 0) is 10.0 Å². The number of hydrogen-bond donors (Lipinski definition) is 2. The zero-order valence-electron chi connectivity index (χ0n) is 20.8. The summed E-state index contributed by atoms with van der Waals surface area (Å²) in [5.74, 6) is 0.957. The van der Waals surface area contributed by atoms with Gasteiger partial charge in [-0.3, -0.25) is 4.79 Å². The van der Waals surface area contributed by atoms with Crippen molar-refractivity contribution in [2.24, 2.45) is 5.92 Å². The molecule has 0 aromatic carbocycles. The number of nitrogens with one attached hydrogen (secondary N) is 1. The highest BCUT2D eigenvalue weighted by atomic mass is 32.2. The van der Waals surface area contributed by atoms with Gasteiger partial charge < -0.3 is 15.4 Å². The van der Waals surface area contributed by atoms with Gasteiger partial charge >= 0.3 is 0 Å². The lowest BCUT2D eigenvalue weighted by molar-refractivity contribution is 0.0981. The fourth-order valence-corrected chi connectivity index (χ4v) is 5.98. The van der Waals surface area contributed by atoms with Gasteiger partial charge in [0.1, 0.15) is 11.6 Å². The molecule has 10 nitrogen and oxygen atoms in total. The molecule has 0 unspecified atom stereocenters. The second-order valence-corrected chi connectivity index (χ2v) is 11.4. The highest BCUT2D eigenvalue weighted by Crippen LogP contribution is 2.40. The van der Waals surface area contributed by atoms with Gasteiger partial charge in [-0.1, -0.05) is 6.07 Å². The van der Waals surface area contributed by atoms with E-state index in [0.29, 0.717) is 23.3 Å². The van der Waals surface area contributed by atoms with Crippen LogP contribution in [0.4, 0.5) is 11.6 Å². The smallest absolute Gasteiger partial charge is 0.281 e. The number of sulfonamides is 1. The molecule has 4 heterocycles. The molecular weight excluding hydrogens is 492 g/mol. The van der Waals surface area contributed by atoms with Gasteiger partial charge in [-0.15, -0.1) is 0 Å². The Morgan fingerprint density at radius 2 is 1.95 bits per heavy atom. The standard InChI is InChI=1S/C26H30N6O4S/c1-16(2)36-23-11-7-18(15-28-23)21-10-9-20(25(29-21)32-13-12-17-6-8-19(32)14-17)26(33)31-37(34,35)24-5-3-4-22(27)30-24/h3-5,7,9-11,15-17,19H,6,8,12-14H2,1-2H3,(H2,27,30)(H,31,33)/t17-,19+/m1/s1. The Bertz CT molecular complexity index is 1410. The number of amides is 1. The predicted molar refractivity (Wildman–Crippen MR) is 140 cm³/mol. The van der Waals surface area contributed by atoms with Crippen LogP contribution >= 0.6 is 0 Å². The predicted octanol–water partition coefficient (Wildman–Crippen LogP) is 3.41. The third kappa shape index (κ3) is 5.36. The molecule has 5 rings (SSSR count). The van der Waals surface area contributed by atoms with E-state index in [1.54, 1.807) is 24.4 Å². The number of fused-ring (bicyclic) bond motifs is 2. The zero-order valence-corrected chi connectivity index (χ0v) is 21.6. The van der Waals surface area contributed by atoms with Gasteiger partial charge in [0.2, 0.25) is 5.88 Å². The highest BCUT2D eigenvalue weighted by Gasteiger charge is 2.37. The monoisotopic (exact) mass is 522 g/mol. The summed E-state index contributed by atoms with van der Waals surface area (Å²) in [7, 11) is -4.23. The third-order valence-corrected chi connectivity index (χ3v) is 7.99. The first-order valence-electron chi connectivity index (χ1n) is 12.4. The van der Waals surface area contributed by atoms with Crippen LogP contribution in [0.2, 0.25) is 0 Å². The molecule has 1 aliphatic heterocycles. The van der Waals surface area contributed by atoms with Crippen LogP contribution in [0.5, 0.6) is 5.88 Å². The Balaban J connectivity index is 1.49. The molecule has 0 spiro atoms. The fourth-order valence-electron chi connectivity index (χ4n) is 5.04. The first kappa shape index (κ1) is 24.9. The Morgan fingerprint density at radius 1 is 1.11 bits per heavy atom. The Labute approximate surface area is 216 Å². The number of ether oxygens (including phenoxy) is 1. The molecule has 1 amide bonds. The van der Waals surface area contributed by atoms with Crippen molar-refractivity contribution >= 4 is 27.6 Å². The Kier molecular flexibility index (Phi) is 6.72. The molecule has 1 aliphatic carbocycles. The summed E-state index contributed by atoms with van der Waals surface area (Å²) >= 11 is 0. The number of pyridine rings is 3. The minimum atomic E-state index is -4.23. The van der Waals surface area contributed by atoms with E-state index < -0.39 is 15.9 Å². The van der Waals surface area contributed by atoms with E-state index in [4.69, 9.17) is 15.5 Å². The highest BCUT2D eigenvalue weighted by molar-refractivity contribution is 7.90. The van der Waals surface area contributed by atoms with Crippen molar-refractivity contribution < 1.29 is 17.9 Å². The van der Waals surface area contributed by atoms with Gasteiger partial charge in [0.15, 0.2) is 5.03 Å². The van der Waals surface area contributed by atoms with Crippen molar-refractivity contribution in [1.82, 2.24) is 19.7 Å². The molecule has 2 bridgehead atoms. The van der Waals surface area contributed by atoms with Gasteiger partial charge in [-0.2, -0.15) is 8.42 Å². The van der Waals surface area contributed by atoms with Gasteiger partial charge in [0.05, 0.1) is 17.4 Å². The molecule has 0 radical (unpaired) electrons. The molecule has 3 aromatic rings. The number of rotatable bonds is 7. The Hall–Kier alpha value is -3.73. The molecule has 3 N–H and O–H groups in total. The topological polar surface area (TPSA) is 140 Å². The van der Waals surface area contributed by atoms with Crippen molar-refractivity contribution in [2.75, 3.05) is 17.2 Å². The van der Waals surface area contributed by atoms with Crippen molar-refractivity contribution in [1.29, 1.82) is 0 Å². The quantitative estimate of drug-likeness (QED) is 0.477. The second-order valence-electron chi connectivity index (χ2n) is 9.77. The lowest BCUT2D eigenvalue weighted by Crippen LogP contribution is -2.41.